The first-order valence-electron chi connectivity index (χ1n) is 6.81. The van der Waals surface area contributed by atoms with Crippen LogP contribution in [0.5, 0.6) is 0 Å². The van der Waals surface area contributed by atoms with Gasteiger partial charge < -0.3 is 10.2 Å². The molecule has 0 saturated carbocycles. The van der Waals surface area contributed by atoms with Crippen LogP contribution in [0, 0.1) is 16.7 Å². The van der Waals surface area contributed by atoms with E-state index in [-0.39, 0.29) is 17.4 Å². The molecule has 1 atom stereocenters. The number of nitrogens with zero attached hydrogens (tertiary/aromatic N) is 2. The molecule has 18 heavy (non-hydrogen) atoms. The molecule has 0 aromatic rings. The largest absolute Gasteiger partial charge is 0.342 e. The predicted octanol–water partition coefficient (Wildman–Crippen LogP) is 2.16. The minimum absolute atomic E-state index is 0.143. The van der Waals surface area contributed by atoms with Gasteiger partial charge in [0, 0.05) is 13.1 Å². The van der Waals surface area contributed by atoms with Crippen molar-refractivity contribution in [3.8, 4) is 6.07 Å². The Morgan fingerprint density at radius 1 is 1.39 bits per heavy atom. The van der Waals surface area contributed by atoms with Crippen LogP contribution >= 0.6 is 0 Å². The van der Waals surface area contributed by atoms with E-state index in [1.54, 1.807) is 0 Å². The lowest BCUT2D eigenvalue weighted by molar-refractivity contribution is -0.132. The summed E-state index contributed by atoms with van der Waals surface area (Å²) in [6.45, 7) is 12.0. The summed E-state index contributed by atoms with van der Waals surface area (Å²) in [6, 6.07) is 2.14. The zero-order valence-electron chi connectivity index (χ0n) is 12.4. The lowest BCUT2D eigenvalue weighted by Gasteiger charge is -2.24. The lowest BCUT2D eigenvalue weighted by atomic mass is 9.90. The summed E-state index contributed by atoms with van der Waals surface area (Å²) in [5.74, 6) is 0.152. The molecular weight excluding hydrogens is 226 g/mol. The van der Waals surface area contributed by atoms with Crippen LogP contribution in [-0.4, -0.2) is 36.5 Å². The first kappa shape index (κ1) is 16.9. The highest BCUT2D eigenvalue weighted by molar-refractivity contribution is 5.81. The number of hydrogen-bond donors (Lipinski definition) is 1. The third-order valence-corrected chi connectivity index (χ3v) is 3.18. The highest BCUT2D eigenvalue weighted by Crippen LogP contribution is 2.19. The molecule has 1 N–H and O–H groups in total. The molecule has 1 amide bonds. The van der Waals surface area contributed by atoms with Gasteiger partial charge in [0.1, 0.15) is 0 Å². The van der Waals surface area contributed by atoms with Gasteiger partial charge >= 0.3 is 0 Å². The molecule has 0 aromatic heterocycles. The Labute approximate surface area is 111 Å². The van der Waals surface area contributed by atoms with Crippen LogP contribution in [0.4, 0.5) is 0 Å². The molecular formula is C14H27N3O. The van der Waals surface area contributed by atoms with Crippen LogP contribution in [0.3, 0.4) is 0 Å². The zero-order valence-corrected chi connectivity index (χ0v) is 12.4. The molecule has 0 aliphatic rings. The molecule has 0 rings (SSSR count). The van der Waals surface area contributed by atoms with Crippen LogP contribution in [-0.2, 0) is 4.79 Å². The number of rotatable bonds is 8. The van der Waals surface area contributed by atoms with Gasteiger partial charge in [-0.05, 0) is 54.0 Å². The third-order valence-electron chi connectivity index (χ3n) is 3.18. The van der Waals surface area contributed by atoms with Crippen LogP contribution in [0.25, 0.3) is 0 Å². The second-order valence-electron chi connectivity index (χ2n) is 5.29. The Balaban J connectivity index is 3.94. The van der Waals surface area contributed by atoms with Crippen molar-refractivity contribution < 1.29 is 4.79 Å². The van der Waals surface area contributed by atoms with E-state index in [9.17, 15) is 4.79 Å². The summed E-state index contributed by atoms with van der Waals surface area (Å²) in [5.41, 5.74) is -0.270. The standard InChI is InChI=1S/C14H27N3O/c1-6-17(7-2)13(18)12(3)16-10-8-9-14(4,5)11-15/h12,16H,6-10H2,1-5H3. The molecule has 0 radical (unpaired) electrons. The van der Waals surface area contributed by atoms with Gasteiger partial charge in [0.15, 0.2) is 0 Å². The topological polar surface area (TPSA) is 56.1 Å². The zero-order chi connectivity index (χ0) is 14.2. The van der Waals surface area contributed by atoms with Crippen LogP contribution in [0.15, 0.2) is 0 Å². The van der Waals surface area contributed by atoms with Gasteiger partial charge in [-0.2, -0.15) is 5.26 Å². The number of likely N-dealkylation sites (N-methyl/N-ethyl adjacent to an activating group) is 1. The minimum atomic E-state index is -0.270. The van der Waals surface area contributed by atoms with Gasteiger partial charge in [0.05, 0.1) is 17.5 Å². The summed E-state index contributed by atoms with van der Waals surface area (Å²) in [7, 11) is 0. The lowest BCUT2D eigenvalue weighted by Crippen LogP contribution is -2.45. The van der Waals surface area contributed by atoms with Crippen LogP contribution < -0.4 is 5.32 Å². The van der Waals surface area contributed by atoms with E-state index in [0.717, 1.165) is 32.5 Å². The molecule has 0 spiro atoms. The predicted molar refractivity (Wildman–Crippen MR) is 74.0 cm³/mol. The van der Waals surface area contributed by atoms with E-state index < -0.39 is 0 Å². The van der Waals surface area contributed by atoms with Gasteiger partial charge in [-0.3, -0.25) is 4.79 Å². The number of carbonyl (C=O) groups is 1. The van der Waals surface area contributed by atoms with E-state index in [4.69, 9.17) is 5.26 Å². The minimum Gasteiger partial charge on any atom is -0.342 e. The summed E-state index contributed by atoms with van der Waals surface area (Å²) in [5, 5.41) is 12.1. The maximum absolute atomic E-state index is 12.0. The summed E-state index contributed by atoms with van der Waals surface area (Å²) in [6.07, 6.45) is 1.76. The molecule has 0 bridgehead atoms. The van der Waals surface area contributed by atoms with Gasteiger partial charge in [0.2, 0.25) is 5.91 Å². The maximum Gasteiger partial charge on any atom is 0.239 e. The smallest absolute Gasteiger partial charge is 0.239 e. The van der Waals surface area contributed by atoms with Crippen LogP contribution in [0.1, 0.15) is 47.5 Å². The number of hydrogen-bond acceptors (Lipinski definition) is 3. The van der Waals surface area contributed by atoms with E-state index in [2.05, 4.69) is 11.4 Å². The molecule has 4 nitrogen and oxygen atoms in total. The Kier molecular flexibility index (Phi) is 7.61. The average molecular weight is 253 g/mol. The fourth-order valence-corrected chi connectivity index (χ4v) is 1.80. The van der Waals surface area contributed by atoms with Gasteiger partial charge in [-0.1, -0.05) is 0 Å². The number of nitriles is 1. The Morgan fingerprint density at radius 2 is 1.94 bits per heavy atom. The molecule has 1 unspecified atom stereocenters. The van der Waals surface area contributed by atoms with Crippen molar-refractivity contribution in [2.75, 3.05) is 19.6 Å². The molecule has 104 valence electrons. The molecule has 0 heterocycles. The molecule has 0 saturated heterocycles. The van der Waals surface area contributed by atoms with E-state index in [1.165, 1.54) is 0 Å². The van der Waals surface area contributed by atoms with E-state index in [0.29, 0.717) is 0 Å². The van der Waals surface area contributed by atoms with Crippen molar-refractivity contribution in [3.05, 3.63) is 0 Å². The fourth-order valence-electron chi connectivity index (χ4n) is 1.80. The van der Waals surface area contributed by atoms with Crippen molar-refractivity contribution >= 4 is 5.91 Å². The summed E-state index contributed by atoms with van der Waals surface area (Å²) >= 11 is 0. The van der Waals surface area contributed by atoms with Crippen molar-refractivity contribution in [2.45, 2.75) is 53.5 Å². The van der Waals surface area contributed by atoms with Crippen molar-refractivity contribution in [1.29, 1.82) is 5.26 Å². The highest BCUT2D eigenvalue weighted by Gasteiger charge is 2.18. The van der Waals surface area contributed by atoms with Crippen molar-refractivity contribution in [1.82, 2.24) is 10.2 Å². The Morgan fingerprint density at radius 3 is 2.39 bits per heavy atom. The second kappa shape index (κ2) is 8.10. The van der Waals surface area contributed by atoms with E-state index in [1.807, 2.05) is 39.5 Å². The second-order valence-corrected chi connectivity index (χ2v) is 5.29. The monoisotopic (exact) mass is 253 g/mol. The molecule has 4 heteroatoms. The van der Waals surface area contributed by atoms with Crippen LogP contribution in [0.2, 0.25) is 0 Å². The number of nitrogens with one attached hydrogen (secondary N) is 1. The molecule has 0 aliphatic heterocycles. The quantitative estimate of drug-likeness (QED) is 0.674. The first-order chi connectivity index (χ1) is 8.37. The number of carbonyl (C=O) groups excluding carboxylic acids is 1. The maximum atomic E-state index is 12.0. The SMILES string of the molecule is CCN(CC)C(=O)C(C)NCCCC(C)(C)C#N. The van der Waals surface area contributed by atoms with Gasteiger partial charge in [-0.15, -0.1) is 0 Å². The summed E-state index contributed by atoms with van der Waals surface area (Å²) < 4.78 is 0. The average Bonchev–Trinajstić information content (AvgIpc) is 2.35. The van der Waals surface area contributed by atoms with Gasteiger partial charge in [-0.25, -0.2) is 0 Å². The van der Waals surface area contributed by atoms with Crippen molar-refractivity contribution in [3.63, 3.8) is 0 Å². The van der Waals surface area contributed by atoms with Crippen molar-refractivity contribution in [2.24, 2.45) is 5.41 Å². The van der Waals surface area contributed by atoms with E-state index >= 15 is 0 Å². The Bertz CT molecular complexity index is 290. The molecule has 0 fully saturated rings. The highest BCUT2D eigenvalue weighted by atomic mass is 16.2. The summed E-state index contributed by atoms with van der Waals surface area (Å²) in [4.78, 5) is 13.8. The molecule has 0 aromatic carbocycles. The normalized spacial score (nSPS) is 12.9. The molecule has 0 aliphatic carbocycles. The fraction of sp³-hybridized carbons (Fsp3) is 0.857. The number of amides is 1. The first-order valence-corrected chi connectivity index (χ1v) is 6.81. The Hall–Kier alpha value is -1.08. The third kappa shape index (κ3) is 6.02. The van der Waals surface area contributed by atoms with Gasteiger partial charge in [0.25, 0.3) is 0 Å².